The van der Waals surface area contributed by atoms with Gasteiger partial charge in [-0.2, -0.15) is 5.26 Å². The summed E-state index contributed by atoms with van der Waals surface area (Å²) in [6.45, 7) is 5.02. The highest BCUT2D eigenvalue weighted by atomic mass is 16.9. The largest absolute Gasteiger partial charge is 0.368 e. The Morgan fingerprint density at radius 3 is 1.68 bits per heavy atom. The van der Waals surface area contributed by atoms with E-state index in [4.69, 9.17) is 10.00 Å². The van der Waals surface area contributed by atoms with E-state index in [1.165, 1.54) is 28.8 Å². The summed E-state index contributed by atoms with van der Waals surface area (Å²) < 4.78 is 5.09. The highest BCUT2D eigenvalue weighted by Gasteiger charge is 2.23. The lowest BCUT2D eigenvalue weighted by atomic mass is 9.95. The van der Waals surface area contributed by atoms with Gasteiger partial charge in [-0.05, 0) is 23.6 Å². The molecule has 5 heteroatoms. The molecule has 0 amide bonds. The number of rotatable bonds is 4. The van der Waals surface area contributed by atoms with Crippen LogP contribution in [-0.4, -0.2) is 32.6 Å². The summed E-state index contributed by atoms with van der Waals surface area (Å²) in [5.41, 5.74) is 4.16. The van der Waals surface area contributed by atoms with Gasteiger partial charge in [-0.15, -0.1) is 0 Å². The molecular formula is C20H26N2O3. The smallest absolute Gasteiger partial charge is 0.106 e. The molecule has 0 bridgehead atoms. The second kappa shape index (κ2) is 12.2. The molecule has 1 unspecified atom stereocenters. The summed E-state index contributed by atoms with van der Waals surface area (Å²) in [6.07, 6.45) is 0.409. The highest BCUT2D eigenvalue weighted by Crippen LogP contribution is 2.29. The number of epoxide rings is 1. The summed E-state index contributed by atoms with van der Waals surface area (Å²) >= 11 is 0. The average Bonchev–Trinajstić information content (AvgIpc) is 3.47. The molecule has 0 aromatic heterocycles. The van der Waals surface area contributed by atoms with Crippen LogP contribution in [0.4, 0.5) is 0 Å². The second-order valence-corrected chi connectivity index (χ2v) is 5.05. The molecule has 1 aromatic rings. The van der Waals surface area contributed by atoms with Crippen LogP contribution in [0.1, 0.15) is 25.5 Å². The van der Waals surface area contributed by atoms with Crippen LogP contribution in [0, 0.1) is 11.3 Å². The van der Waals surface area contributed by atoms with Gasteiger partial charge in [0.25, 0.3) is 0 Å². The molecule has 4 rings (SSSR count). The zero-order chi connectivity index (χ0) is 18.5. The molecule has 25 heavy (non-hydrogen) atoms. The Bertz CT molecular complexity index is 589. The standard InChI is InChI=1S/C8H8O.C6H4.C4H11NO2.C2H3N/c1-2-4-7(5-3-1)8-6-9-8;1-2-6-4-3-5(1)6;1-4-5(6-2)7-3;1-2-3/h1-5,8H,6H2;1-4H;4H2,1-3H3;1H3. The number of hydrogen-bond acceptors (Lipinski definition) is 5. The Labute approximate surface area is 150 Å². The fourth-order valence-corrected chi connectivity index (χ4v) is 1.90. The maximum absolute atomic E-state index is 7.32. The topological polar surface area (TPSA) is 58.0 Å². The Balaban J connectivity index is 0.000000177. The van der Waals surface area contributed by atoms with Crippen LogP contribution in [0.5, 0.6) is 0 Å². The van der Waals surface area contributed by atoms with E-state index in [1.54, 1.807) is 20.3 Å². The van der Waals surface area contributed by atoms with E-state index in [1.807, 2.05) is 25.1 Å². The number of hydrogen-bond donors (Lipinski definition) is 0. The minimum Gasteiger partial charge on any atom is -0.368 e. The summed E-state index contributed by atoms with van der Waals surface area (Å²) in [5, 5.41) is 8.69. The summed E-state index contributed by atoms with van der Waals surface area (Å²) in [5.74, 6) is 0. The SMILES string of the molecule is CC#N.CCN(OC)OC.c1cc2ccc1-2.c1ccc(C2CO2)cc1. The molecule has 2 aliphatic carbocycles. The van der Waals surface area contributed by atoms with Crippen LogP contribution in [0.2, 0.25) is 0 Å². The van der Waals surface area contributed by atoms with Crippen LogP contribution in [0.15, 0.2) is 54.6 Å². The zero-order valence-corrected chi connectivity index (χ0v) is 15.3. The van der Waals surface area contributed by atoms with Crippen molar-refractivity contribution in [1.29, 1.82) is 5.26 Å². The molecule has 1 saturated heterocycles. The molecule has 1 heterocycles. The molecule has 0 N–H and O–H groups in total. The van der Waals surface area contributed by atoms with Crippen LogP contribution in [-0.2, 0) is 14.4 Å². The van der Waals surface area contributed by atoms with Crippen molar-refractivity contribution in [2.45, 2.75) is 20.0 Å². The lowest BCUT2D eigenvalue weighted by Gasteiger charge is -2.11. The van der Waals surface area contributed by atoms with Crippen molar-refractivity contribution in [2.24, 2.45) is 0 Å². The van der Waals surface area contributed by atoms with Crippen LogP contribution in [0.25, 0.3) is 11.1 Å². The third-order valence-corrected chi connectivity index (χ3v) is 3.39. The van der Waals surface area contributed by atoms with E-state index in [9.17, 15) is 0 Å². The maximum atomic E-state index is 7.32. The molecule has 1 aliphatic heterocycles. The molecular weight excluding hydrogens is 316 g/mol. The first-order chi connectivity index (χ1) is 12.2. The van der Waals surface area contributed by atoms with Gasteiger partial charge in [-0.25, -0.2) is 0 Å². The quantitative estimate of drug-likeness (QED) is 0.520. The summed E-state index contributed by atoms with van der Waals surface area (Å²) in [7, 11) is 3.12. The van der Waals surface area contributed by atoms with Crippen molar-refractivity contribution in [3.05, 3.63) is 60.2 Å². The number of hydroxylamine groups is 2. The lowest BCUT2D eigenvalue weighted by molar-refractivity contribution is -0.339. The number of ether oxygens (including phenoxy) is 1. The van der Waals surface area contributed by atoms with E-state index in [-0.39, 0.29) is 0 Å². The van der Waals surface area contributed by atoms with Gasteiger partial charge >= 0.3 is 0 Å². The fraction of sp³-hybridized carbons (Fsp3) is 0.350. The van der Waals surface area contributed by atoms with Crippen LogP contribution >= 0.6 is 0 Å². The van der Waals surface area contributed by atoms with Gasteiger partial charge < -0.3 is 4.74 Å². The lowest BCUT2D eigenvalue weighted by Crippen LogP contribution is -2.19. The summed E-state index contributed by atoms with van der Waals surface area (Å²) in [4.78, 5) is 9.32. The first-order valence-electron chi connectivity index (χ1n) is 8.13. The van der Waals surface area contributed by atoms with E-state index >= 15 is 0 Å². The van der Waals surface area contributed by atoms with Crippen molar-refractivity contribution in [3.8, 4) is 17.2 Å². The van der Waals surface area contributed by atoms with Gasteiger partial charge in [0.2, 0.25) is 0 Å². The Kier molecular flexibility index (Phi) is 10.1. The molecule has 3 aliphatic rings. The van der Waals surface area contributed by atoms with Crippen molar-refractivity contribution in [3.63, 3.8) is 0 Å². The number of nitrogens with zero attached hydrogens (tertiary/aromatic N) is 2. The van der Waals surface area contributed by atoms with E-state index in [0.29, 0.717) is 6.10 Å². The van der Waals surface area contributed by atoms with E-state index < -0.39 is 0 Å². The molecule has 1 fully saturated rings. The zero-order valence-electron chi connectivity index (χ0n) is 15.3. The van der Waals surface area contributed by atoms with Crippen molar-refractivity contribution in [2.75, 3.05) is 27.4 Å². The average molecular weight is 342 g/mol. The number of benzene rings is 2. The third kappa shape index (κ3) is 7.92. The monoisotopic (exact) mass is 342 g/mol. The van der Waals surface area contributed by atoms with Gasteiger partial charge in [0.15, 0.2) is 0 Å². The third-order valence-electron chi connectivity index (χ3n) is 3.39. The Morgan fingerprint density at radius 2 is 1.48 bits per heavy atom. The van der Waals surface area contributed by atoms with Crippen LogP contribution in [0.3, 0.4) is 0 Å². The maximum Gasteiger partial charge on any atom is 0.106 e. The van der Waals surface area contributed by atoms with E-state index in [0.717, 1.165) is 13.2 Å². The molecule has 0 radical (unpaired) electrons. The van der Waals surface area contributed by atoms with Crippen LogP contribution < -0.4 is 0 Å². The van der Waals surface area contributed by atoms with E-state index in [2.05, 4.69) is 46.1 Å². The molecule has 1 aromatic carbocycles. The molecule has 134 valence electrons. The van der Waals surface area contributed by atoms with Crippen molar-refractivity contribution >= 4 is 0 Å². The number of nitriles is 1. The number of fused-ring (bicyclic) bond motifs is 1. The second-order valence-electron chi connectivity index (χ2n) is 5.05. The molecule has 0 saturated carbocycles. The molecule has 1 atom stereocenters. The minimum absolute atomic E-state index is 0.409. The van der Waals surface area contributed by atoms with Gasteiger partial charge in [-0.1, -0.05) is 59.8 Å². The highest BCUT2D eigenvalue weighted by molar-refractivity contribution is 5.75. The summed E-state index contributed by atoms with van der Waals surface area (Å²) in [6, 6.07) is 20.5. The Hall–Kier alpha value is -2.23. The van der Waals surface area contributed by atoms with Gasteiger partial charge in [0.1, 0.15) is 6.10 Å². The first kappa shape index (κ1) is 20.8. The molecule has 0 spiro atoms. The predicted molar refractivity (Wildman–Crippen MR) is 98.3 cm³/mol. The van der Waals surface area contributed by atoms with Gasteiger partial charge in [0, 0.05) is 13.5 Å². The van der Waals surface area contributed by atoms with Crippen molar-refractivity contribution in [1.82, 2.24) is 5.23 Å². The first-order valence-corrected chi connectivity index (χ1v) is 8.13. The van der Waals surface area contributed by atoms with Gasteiger partial charge in [-0.3, -0.25) is 9.68 Å². The Morgan fingerprint density at radius 1 is 1.04 bits per heavy atom. The minimum atomic E-state index is 0.409. The fourth-order valence-electron chi connectivity index (χ4n) is 1.90. The normalized spacial score (nSPS) is 14.5. The van der Waals surface area contributed by atoms with Gasteiger partial charge in [0.05, 0.1) is 26.9 Å². The predicted octanol–water partition coefficient (Wildman–Crippen LogP) is 4.39. The van der Waals surface area contributed by atoms with Crippen molar-refractivity contribution < 1.29 is 14.4 Å². The molecule has 5 nitrogen and oxygen atoms in total.